The van der Waals surface area contributed by atoms with Crippen LogP contribution < -0.4 is 9.64 Å². The number of hydrogen-bond acceptors (Lipinski definition) is 7. The van der Waals surface area contributed by atoms with Crippen LogP contribution in [0.25, 0.3) is 5.76 Å². The van der Waals surface area contributed by atoms with Gasteiger partial charge in [-0.05, 0) is 61.0 Å². The van der Waals surface area contributed by atoms with Crippen LogP contribution in [0.5, 0.6) is 5.75 Å². The van der Waals surface area contributed by atoms with Gasteiger partial charge in [0.05, 0.1) is 31.1 Å². The van der Waals surface area contributed by atoms with Gasteiger partial charge in [0, 0.05) is 11.3 Å². The third-order valence-corrected chi connectivity index (χ3v) is 5.40. The molecule has 1 aliphatic heterocycles. The Morgan fingerprint density at radius 2 is 1.82 bits per heavy atom. The fourth-order valence-corrected chi connectivity index (χ4v) is 3.80. The number of ether oxygens (including phenoxy) is 2. The summed E-state index contributed by atoms with van der Waals surface area (Å²) in [6, 6.07) is 15.0. The van der Waals surface area contributed by atoms with Crippen LogP contribution in [0.3, 0.4) is 0 Å². The van der Waals surface area contributed by atoms with Gasteiger partial charge in [-0.25, -0.2) is 4.79 Å². The molecule has 8 heteroatoms. The molecule has 0 radical (unpaired) electrons. The smallest absolute Gasteiger partial charge is 0.337 e. The Kier molecular flexibility index (Phi) is 6.49. The maximum Gasteiger partial charge on any atom is 0.337 e. The number of methoxy groups -OCH3 is 1. The van der Waals surface area contributed by atoms with Crippen LogP contribution in [0.15, 0.2) is 76.9 Å². The third kappa shape index (κ3) is 4.17. The average Bonchev–Trinajstić information content (AvgIpc) is 3.49. The van der Waals surface area contributed by atoms with Crippen molar-refractivity contribution in [2.75, 3.05) is 18.6 Å². The third-order valence-electron chi connectivity index (χ3n) is 5.40. The van der Waals surface area contributed by atoms with Gasteiger partial charge in [0.2, 0.25) is 0 Å². The summed E-state index contributed by atoms with van der Waals surface area (Å²) in [5.74, 6) is -1.73. The van der Waals surface area contributed by atoms with E-state index in [1.807, 2.05) is 6.92 Å². The van der Waals surface area contributed by atoms with Gasteiger partial charge in [-0.3, -0.25) is 14.5 Å². The summed E-state index contributed by atoms with van der Waals surface area (Å²) in [4.78, 5) is 39.5. The van der Waals surface area contributed by atoms with Gasteiger partial charge in [0.15, 0.2) is 0 Å². The number of esters is 1. The number of amides is 1. The second kappa shape index (κ2) is 9.66. The molecule has 2 heterocycles. The van der Waals surface area contributed by atoms with E-state index in [1.165, 1.54) is 30.4 Å². The maximum absolute atomic E-state index is 13.1. The number of furan rings is 1. The Labute approximate surface area is 196 Å². The van der Waals surface area contributed by atoms with Crippen molar-refractivity contribution >= 4 is 29.1 Å². The lowest BCUT2D eigenvalue weighted by Crippen LogP contribution is -2.29. The van der Waals surface area contributed by atoms with Crippen molar-refractivity contribution < 1.29 is 33.4 Å². The fourth-order valence-electron chi connectivity index (χ4n) is 3.80. The SMILES string of the molecule is CCCOc1ccc(/C(O)=C2/C(=O)C(=O)N(c3cccc(C(=O)OC)c3)C2c2ccco2)cc1. The molecule has 1 amide bonds. The number of benzene rings is 2. The molecule has 4 rings (SSSR count). The molecule has 0 spiro atoms. The van der Waals surface area contributed by atoms with E-state index in [0.29, 0.717) is 17.9 Å². The molecule has 1 N–H and O–H groups in total. The first-order chi connectivity index (χ1) is 16.5. The van der Waals surface area contributed by atoms with Gasteiger partial charge in [0.25, 0.3) is 11.7 Å². The molecular formula is C26H23NO7. The number of rotatable bonds is 7. The van der Waals surface area contributed by atoms with Crippen molar-refractivity contribution in [3.63, 3.8) is 0 Å². The van der Waals surface area contributed by atoms with Crippen LogP contribution in [0, 0.1) is 0 Å². The number of Topliss-reactive ketones (excluding diaryl/α,β-unsaturated/α-hetero) is 1. The first kappa shape index (κ1) is 22.8. The molecule has 1 aliphatic rings. The number of aliphatic hydroxyl groups excluding tert-OH is 1. The van der Waals surface area contributed by atoms with E-state index in [9.17, 15) is 19.5 Å². The molecule has 1 fully saturated rings. The van der Waals surface area contributed by atoms with Gasteiger partial charge >= 0.3 is 5.97 Å². The van der Waals surface area contributed by atoms with Crippen LogP contribution in [0.2, 0.25) is 0 Å². The second-order valence-electron chi connectivity index (χ2n) is 7.60. The Morgan fingerprint density at radius 3 is 2.47 bits per heavy atom. The Balaban J connectivity index is 1.81. The largest absolute Gasteiger partial charge is 0.507 e. The van der Waals surface area contributed by atoms with Crippen LogP contribution in [-0.4, -0.2) is 36.5 Å². The second-order valence-corrected chi connectivity index (χ2v) is 7.60. The lowest BCUT2D eigenvalue weighted by atomic mass is 9.99. The van der Waals surface area contributed by atoms with E-state index >= 15 is 0 Å². The summed E-state index contributed by atoms with van der Waals surface area (Å²) in [6.07, 6.45) is 2.27. The molecule has 8 nitrogen and oxygen atoms in total. The Hall–Kier alpha value is -4.33. The van der Waals surface area contributed by atoms with E-state index < -0.39 is 23.7 Å². The molecule has 0 saturated carbocycles. The van der Waals surface area contributed by atoms with Gasteiger partial charge in [-0.15, -0.1) is 0 Å². The molecule has 0 aliphatic carbocycles. The minimum atomic E-state index is -1.03. The molecule has 174 valence electrons. The molecule has 34 heavy (non-hydrogen) atoms. The van der Waals surface area contributed by atoms with Gasteiger partial charge in [-0.1, -0.05) is 13.0 Å². The Bertz CT molecular complexity index is 1240. The maximum atomic E-state index is 13.1. The topological polar surface area (TPSA) is 106 Å². The molecule has 1 aromatic heterocycles. The molecule has 1 saturated heterocycles. The summed E-state index contributed by atoms with van der Waals surface area (Å²) in [7, 11) is 1.25. The Morgan fingerprint density at radius 1 is 1.06 bits per heavy atom. The summed E-state index contributed by atoms with van der Waals surface area (Å²) >= 11 is 0. The van der Waals surface area contributed by atoms with Crippen molar-refractivity contribution in [1.29, 1.82) is 0 Å². The number of carbonyl (C=O) groups is 3. The highest BCUT2D eigenvalue weighted by molar-refractivity contribution is 6.51. The van der Waals surface area contributed by atoms with Crippen LogP contribution in [0.1, 0.15) is 41.1 Å². The average molecular weight is 461 g/mol. The monoisotopic (exact) mass is 461 g/mol. The molecule has 2 aromatic carbocycles. The summed E-state index contributed by atoms with van der Waals surface area (Å²) in [6.45, 7) is 2.55. The summed E-state index contributed by atoms with van der Waals surface area (Å²) in [5, 5.41) is 11.1. The van der Waals surface area contributed by atoms with Gasteiger partial charge < -0.3 is 19.0 Å². The van der Waals surface area contributed by atoms with Crippen LogP contribution in [-0.2, 0) is 14.3 Å². The highest BCUT2D eigenvalue weighted by atomic mass is 16.5. The van der Waals surface area contributed by atoms with Crippen molar-refractivity contribution in [2.24, 2.45) is 0 Å². The predicted octanol–water partition coefficient (Wildman–Crippen LogP) is 4.48. The zero-order chi connectivity index (χ0) is 24.2. The minimum absolute atomic E-state index is 0.120. The molecule has 1 unspecified atom stereocenters. The van der Waals surface area contributed by atoms with Gasteiger partial charge in [-0.2, -0.15) is 0 Å². The van der Waals surface area contributed by atoms with Crippen LogP contribution in [0.4, 0.5) is 5.69 Å². The number of hydrogen-bond donors (Lipinski definition) is 1. The van der Waals surface area contributed by atoms with E-state index in [0.717, 1.165) is 6.42 Å². The number of nitrogens with zero attached hydrogens (tertiary/aromatic N) is 1. The molecule has 1 atom stereocenters. The highest BCUT2D eigenvalue weighted by Gasteiger charge is 2.48. The van der Waals surface area contributed by atoms with Crippen molar-refractivity contribution in [3.05, 3.63) is 89.4 Å². The number of aliphatic hydroxyl groups is 1. The normalized spacial score (nSPS) is 17.1. The molecule has 0 bridgehead atoms. The quantitative estimate of drug-likeness (QED) is 0.239. The first-order valence-electron chi connectivity index (χ1n) is 10.7. The van der Waals surface area contributed by atoms with E-state index in [4.69, 9.17) is 13.9 Å². The van der Waals surface area contributed by atoms with Crippen molar-refractivity contribution in [1.82, 2.24) is 0 Å². The van der Waals surface area contributed by atoms with Gasteiger partial charge in [0.1, 0.15) is 23.3 Å². The minimum Gasteiger partial charge on any atom is -0.507 e. The van der Waals surface area contributed by atoms with Crippen LogP contribution >= 0.6 is 0 Å². The van der Waals surface area contributed by atoms with Crippen molar-refractivity contribution in [2.45, 2.75) is 19.4 Å². The zero-order valence-corrected chi connectivity index (χ0v) is 18.7. The molecule has 3 aromatic rings. The van der Waals surface area contributed by atoms with Crippen molar-refractivity contribution in [3.8, 4) is 5.75 Å². The fraction of sp³-hybridized carbons (Fsp3) is 0.192. The number of ketones is 1. The standard InChI is InChI=1S/C26H23NO7/c1-3-13-33-19-11-9-16(10-12-19)23(28)21-22(20-8-5-14-34-20)27(25(30)24(21)29)18-7-4-6-17(15-18)26(31)32-2/h4-12,14-15,22,28H,3,13H2,1-2H3/b23-21-. The summed E-state index contributed by atoms with van der Waals surface area (Å²) < 4.78 is 15.9. The highest BCUT2D eigenvalue weighted by Crippen LogP contribution is 2.42. The zero-order valence-electron chi connectivity index (χ0n) is 18.7. The van der Waals surface area contributed by atoms with E-state index in [1.54, 1.807) is 48.5 Å². The molecular weight excluding hydrogens is 438 g/mol. The van der Waals surface area contributed by atoms with E-state index in [2.05, 4.69) is 0 Å². The summed E-state index contributed by atoms with van der Waals surface area (Å²) in [5.41, 5.74) is 0.726. The lowest BCUT2D eigenvalue weighted by Gasteiger charge is -2.23. The number of anilines is 1. The predicted molar refractivity (Wildman–Crippen MR) is 124 cm³/mol. The number of carbonyl (C=O) groups excluding carboxylic acids is 3. The van der Waals surface area contributed by atoms with E-state index in [-0.39, 0.29) is 28.3 Å². The lowest BCUT2D eigenvalue weighted by molar-refractivity contribution is -0.132. The first-order valence-corrected chi connectivity index (χ1v) is 10.7.